The second kappa shape index (κ2) is 338. The first-order valence-electron chi connectivity index (χ1n) is 0. The van der Waals surface area contributed by atoms with E-state index in [0.717, 1.165) is 0 Å². The second-order valence-electron chi connectivity index (χ2n) is 0. The Morgan fingerprint density at radius 2 is 0.273 bits per heavy atom. The van der Waals surface area contributed by atoms with E-state index in [0.29, 0.717) is 0 Å². The minimum absolute atomic E-state index is 0. The molecule has 0 unspecified atom stereocenters. The van der Waals surface area contributed by atoms with E-state index in [1.807, 2.05) is 0 Å². The fourth-order valence-corrected chi connectivity index (χ4v) is 0. The maximum Gasteiger partial charge on any atom is 2.00 e. The maximum absolute atomic E-state index is 0. The van der Waals surface area contributed by atoms with Crippen molar-refractivity contribution < 1.29 is 91.5 Å². The summed E-state index contributed by atoms with van der Waals surface area (Å²) in [4.78, 5) is 0. The Morgan fingerprint density at radius 1 is 0.273 bits per heavy atom. The van der Waals surface area contributed by atoms with Gasteiger partial charge in [-0.25, -0.2) is 0 Å². The smallest absolute Gasteiger partial charge is 1.00 e. The molecule has 0 bridgehead atoms. The third kappa shape index (κ3) is 280. The molecule has 0 aromatic rings. The molecule has 0 aromatic carbocycles. The van der Waals surface area contributed by atoms with Crippen molar-refractivity contribution in [1.29, 1.82) is 0 Å². The van der Waals surface area contributed by atoms with Crippen LogP contribution in [0.15, 0.2) is 0 Å². The van der Waals surface area contributed by atoms with Crippen molar-refractivity contribution in [3.63, 3.8) is 0 Å². The van der Waals surface area contributed by atoms with Crippen LogP contribution in [0.1, 0.15) is 0 Å². The monoisotopic (exact) mass is 345 g/mol. The van der Waals surface area contributed by atoms with Crippen LogP contribution in [0.25, 0.3) is 0 Å². The van der Waals surface area contributed by atoms with Gasteiger partial charge in [-0.05, 0) is 0 Å². The van der Waals surface area contributed by atoms with Crippen LogP contribution in [0, 0.1) is 0 Å². The van der Waals surface area contributed by atoms with E-state index in [1.165, 1.54) is 0 Å². The zero-order chi connectivity index (χ0) is 0. The molecule has 0 spiro atoms. The first-order valence-corrected chi connectivity index (χ1v) is 0. The molecule has 0 aromatic heterocycles. The van der Waals surface area contributed by atoms with E-state index in [1.54, 1.807) is 0 Å². The van der Waals surface area contributed by atoms with Gasteiger partial charge in [0.1, 0.15) is 0 Å². The summed E-state index contributed by atoms with van der Waals surface area (Å²) >= 11 is 0. The number of quaternary nitrogens is 4. The molecule has 0 saturated heterocycles. The summed E-state index contributed by atoms with van der Waals surface area (Å²) in [5.74, 6) is 0. The van der Waals surface area contributed by atoms with E-state index in [4.69, 9.17) is 0 Å². The number of hydrogen-bond acceptors (Lipinski definition) is 0. The van der Waals surface area contributed by atoms with Crippen molar-refractivity contribution in [1.82, 2.24) is 24.6 Å². The average Bonchev–Trinajstić information content (AvgIpc) is 0. The van der Waals surface area contributed by atoms with Gasteiger partial charge in [0.05, 0.1) is 0 Å². The summed E-state index contributed by atoms with van der Waals surface area (Å²) in [6.07, 6.45) is 0. The van der Waals surface area contributed by atoms with Crippen LogP contribution in [-0.4, -0.2) is 0 Å². The summed E-state index contributed by atoms with van der Waals surface area (Å²) in [6, 6.07) is 0. The molecule has 0 saturated carbocycles. The second-order valence-corrected chi connectivity index (χ2v) is 0. The fourth-order valence-electron chi connectivity index (χ4n) is 0. The van der Waals surface area contributed by atoms with Gasteiger partial charge >= 0.3 is 17.1 Å². The Bertz CT molecular complexity index is 14.5. The zero-order valence-corrected chi connectivity index (χ0v) is 12.0. The molecule has 11 heavy (non-hydrogen) atoms. The van der Waals surface area contributed by atoms with Gasteiger partial charge < -0.3 is 99.0 Å². The quantitative estimate of drug-likeness (QED) is 0.308. The van der Waals surface area contributed by atoms with Crippen LogP contribution in [0.5, 0.6) is 0 Å². The molecule has 0 fully saturated rings. The molecular formula is H16Cl6CuN4. The van der Waals surface area contributed by atoms with Crippen LogP contribution < -0.4 is 99.0 Å². The Balaban J connectivity index is 0. The zero-order valence-electron chi connectivity index (χ0n) is 6.57. The topological polar surface area (TPSA) is 146 Å². The largest absolute Gasteiger partial charge is 2.00 e. The standard InChI is InChI=1S/6ClH.Cu.4H3N/h6*1H;;4*1H3/q;;;;;;+2;;;;/p-2. The molecule has 89 valence electrons. The summed E-state index contributed by atoms with van der Waals surface area (Å²) in [6.45, 7) is 0. The van der Waals surface area contributed by atoms with E-state index >= 15 is 0 Å². The molecule has 4 nitrogen and oxygen atoms in total. The number of hydrogen-bond donors (Lipinski definition) is 4. The van der Waals surface area contributed by atoms with Gasteiger partial charge in [0.15, 0.2) is 0 Å². The van der Waals surface area contributed by atoms with E-state index < -0.39 is 0 Å². The van der Waals surface area contributed by atoms with Crippen molar-refractivity contribution in [2.45, 2.75) is 0 Å². The van der Waals surface area contributed by atoms with Gasteiger partial charge in [0, 0.05) is 0 Å². The van der Waals surface area contributed by atoms with Crippen LogP contribution >= 0.6 is 0 Å². The van der Waals surface area contributed by atoms with Gasteiger partial charge in [-0.2, -0.15) is 0 Å². The van der Waals surface area contributed by atoms with E-state index in [2.05, 4.69) is 0 Å². The van der Waals surface area contributed by atoms with Gasteiger partial charge in [-0.15, -0.1) is 0 Å². The third-order valence-electron chi connectivity index (χ3n) is 0. The third-order valence-corrected chi connectivity index (χ3v) is 0. The molecule has 0 heterocycles. The summed E-state index contributed by atoms with van der Waals surface area (Å²) in [5.41, 5.74) is 0. The summed E-state index contributed by atoms with van der Waals surface area (Å²) in [7, 11) is 0. The van der Waals surface area contributed by atoms with Crippen LogP contribution in [0.4, 0.5) is 0 Å². The molecule has 11 heteroatoms. The van der Waals surface area contributed by atoms with Crippen molar-refractivity contribution in [3.05, 3.63) is 0 Å². The molecule has 16 N–H and O–H groups in total. The summed E-state index contributed by atoms with van der Waals surface area (Å²) in [5, 5.41) is 0. The van der Waals surface area contributed by atoms with Crippen molar-refractivity contribution in [2.24, 2.45) is 0 Å². The molecular weight excluding hydrogens is 332 g/mol. The summed E-state index contributed by atoms with van der Waals surface area (Å²) < 4.78 is 0. The first kappa shape index (κ1) is 435. The van der Waals surface area contributed by atoms with Crippen LogP contribution in [0.2, 0.25) is 0 Å². The normalized spacial score (nSPS) is 0. The van der Waals surface area contributed by atoms with Crippen LogP contribution in [0.3, 0.4) is 0 Å². The molecule has 0 aliphatic heterocycles. The average molecular weight is 348 g/mol. The van der Waals surface area contributed by atoms with E-state index in [9.17, 15) is 0 Å². The molecule has 0 aliphatic carbocycles. The van der Waals surface area contributed by atoms with Crippen molar-refractivity contribution in [3.8, 4) is 0 Å². The van der Waals surface area contributed by atoms with E-state index in [-0.39, 0.29) is 116 Å². The molecule has 0 rings (SSSR count). The van der Waals surface area contributed by atoms with Gasteiger partial charge in [0.2, 0.25) is 0 Å². The maximum atomic E-state index is 0. The molecule has 0 amide bonds. The predicted octanol–water partition coefficient (Wildman–Crippen LogP) is -16.5. The molecule has 0 aliphatic rings. The van der Waals surface area contributed by atoms with Crippen molar-refractivity contribution >= 4 is 0 Å². The Hall–Kier alpha value is 2.10. The minimum Gasteiger partial charge on any atom is -1.00 e. The van der Waals surface area contributed by atoms with Gasteiger partial charge in [-0.1, -0.05) is 0 Å². The number of halogens is 6. The van der Waals surface area contributed by atoms with Gasteiger partial charge in [0.25, 0.3) is 0 Å². The SMILES string of the molecule is [Cl-].[Cl-].[Cl-].[Cl-].[Cl-].[Cl-].[Cu+2].[NH4+].[NH4+].[NH4+].[NH4+]. The first-order chi connectivity index (χ1) is 0. The Morgan fingerprint density at radius 3 is 0.273 bits per heavy atom. The predicted molar refractivity (Wildman–Crippen MR) is 23.9 cm³/mol. The Kier molecular flexibility index (Phi) is 13400. The Labute approximate surface area is 115 Å². The number of rotatable bonds is 0. The van der Waals surface area contributed by atoms with Gasteiger partial charge in [-0.3, -0.25) is 0 Å². The molecule has 1 radical (unpaired) electrons. The van der Waals surface area contributed by atoms with Crippen LogP contribution in [-0.2, 0) is 17.1 Å². The fraction of sp³-hybridized carbons (Fsp3) is 0. The van der Waals surface area contributed by atoms with Crippen molar-refractivity contribution in [2.75, 3.05) is 0 Å². The minimum atomic E-state index is 0. The molecule has 0 atom stereocenters.